The Balaban J connectivity index is 0.000000880. The monoisotopic (exact) mass is 340 g/mol. The van der Waals surface area contributed by atoms with Crippen LogP contribution in [0.1, 0.15) is 13.8 Å². The van der Waals surface area contributed by atoms with Gasteiger partial charge in [-0.05, 0) is 24.3 Å². The van der Waals surface area contributed by atoms with E-state index >= 15 is 0 Å². The van der Waals surface area contributed by atoms with Gasteiger partial charge in [-0.15, -0.1) is 0 Å². The van der Waals surface area contributed by atoms with Crippen LogP contribution in [-0.4, -0.2) is 50.3 Å². The van der Waals surface area contributed by atoms with E-state index in [4.69, 9.17) is 9.47 Å². The first kappa shape index (κ1) is 17.6. The number of para-hydroxylation sites is 3. The van der Waals surface area contributed by atoms with Crippen molar-refractivity contribution in [1.82, 2.24) is 4.90 Å². The molecule has 0 spiro atoms. The summed E-state index contributed by atoms with van der Waals surface area (Å²) in [5.41, 5.74) is 1.32. The van der Waals surface area contributed by atoms with Gasteiger partial charge in [0.1, 0.15) is 12.7 Å². The molecule has 0 unspecified atom stereocenters. The van der Waals surface area contributed by atoms with Gasteiger partial charge >= 0.3 is 0 Å². The normalized spacial score (nSPS) is 19.8. The molecule has 0 radical (unpaired) electrons. The Labute approximate surface area is 151 Å². The van der Waals surface area contributed by atoms with Gasteiger partial charge in [0.2, 0.25) is 0 Å². The summed E-state index contributed by atoms with van der Waals surface area (Å²) in [6.45, 7) is 9.82. The van der Waals surface area contributed by atoms with Crippen molar-refractivity contribution in [2.45, 2.75) is 20.0 Å². The number of hydrogen-bond donors (Lipinski definition) is 0. The van der Waals surface area contributed by atoms with E-state index in [1.165, 1.54) is 5.69 Å². The Morgan fingerprint density at radius 1 is 0.840 bits per heavy atom. The molecule has 1 atom stereocenters. The second kappa shape index (κ2) is 8.77. The minimum absolute atomic E-state index is 0.119. The zero-order chi connectivity index (χ0) is 17.5. The van der Waals surface area contributed by atoms with Crippen LogP contribution in [0.25, 0.3) is 0 Å². The molecule has 2 aromatic carbocycles. The van der Waals surface area contributed by atoms with Gasteiger partial charge in [-0.1, -0.05) is 44.2 Å². The fourth-order valence-corrected chi connectivity index (χ4v) is 3.27. The van der Waals surface area contributed by atoms with Crippen molar-refractivity contribution < 1.29 is 9.47 Å². The first-order valence-corrected chi connectivity index (χ1v) is 9.29. The van der Waals surface area contributed by atoms with E-state index in [2.05, 4.69) is 40.1 Å². The first-order valence-electron chi connectivity index (χ1n) is 9.29. The summed E-state index contributed by atoms with van der Waals surface area (Å²) < 4.78 is 11.9. The fourth-order valence-electron chi connectivity index (χ4n) is 3.27. The number of fused-ring (bicyclic) bond motifs is 1. The van der Waals surface area contributed by atoms with Crippen molar-refractivity contribution >= 4 is 5.69 Å². The van der Waals surface area contributed by atoms with Crippen LogP contribution >= 0.6 is 0 Å². The highest BCUT2D eigenvalue weighted by atomic mass is 16.6. The van der Waals surface area contributed by atoms with Gasteiger partial charge in [0.05, 0.1) is 0 Å². The Kier molecular flexibility index (Phi) is 6.18. The highest BCUT2D eigenvalue weighted by Crippen LogP contribution is 2.31. The van der Waals surface area contributed by atoms with E-state index < -0.39 is 0 Å². The van der Waals surface area contributed by atoms with E-state index in [0.29, 0.717) is 6.61 Å². The lowest BCUT2D eigenvalue weighted by Gasteiger charge is -2.38. The van der Waals surface area contributed by atoms with Crippen molar-refractivity contribution in [3.8, 4) is 11.5 Å². The van der Waals surface area contributed by atoms with E-state index in [1.807, 2.05) is 38.1 Å². The molecule has 0 bridgehead atoms. The van der Waals surface area contributed by atoms with Crippen molar-refractivity contribution in [2.75, 3.05) is 44.2 Å². The molecule has 2 aliphatic rings. The molecule has 4 heteroatoms. The third-order valence-corrected chi connectivity index (χ3v) is 4.52. The van der Waals surface area contributed by atoms with E-state index in [0.717, 1.165) is 44.2 Å². The lowest BCUT2D eigenvalue weighted by Crippen LogP contribution is -2.50. The molecule has 0 N–H and O–H groups in total. The molecular formula is C21H28N2O2. The number of anilines is 1. The number of ether oxygens (including phenoxy) is 2. The summed E-state index contributed by atoms with van der Waals surface area (Å²) in [4.78, 5) is 4.92. The minimum atomic E-state index is 0.119. The lowest BCUT2D eigenvalue weighted by atomic mass is 10.2. The summed E-state index contributed by atoms with van der Waals surface area (Å²) >= 11 is 0. The molecule has 4 nitrogen and oxygen atoms in total. The zero-order valence-electron chi connectivity index (χ0n) is 15.2. The molecule has 134 valence electrons. The quantitative estimate of drug-likeness (QED) is 0.851. The van der Waals surface area contributed by atoms with Crippen molar-refractivity contribution in [1.29, 1.82) is 0 Å². The highest BCUT2D eigenvalue weighted by molar-refractivity contribution is 5.46. The fraction of sp³-hybridized carbons (Fsp3) is 0.429. The van der Waals surface area contributed by atoms with Gasteiger partial charge in [-0.2, -0.15) is 0 Å². The van der Waals surface area contributed by atoms with Crippen LogP contribution < -0.4 is 14.4 Å². The summed E-state index contributed by atoms with van der Waals surface area (Å²) in [7, 11) is 0. The largest absolute Gasteiger partial charge is 0.486 e. The third-order valence-electron chi connectivity index (χ3n) is 4.52. The molecule has 2 aromatic rings. The molecule has 1 fully saturated rings. The van der Waals surface area contributed by atoms with Gasteiger partial charge in [0.25, 0.3) is 0 Å². The number of nitrogens with zero attached hydrogens (tertiary/aromatic N) is 2. The second-order valence-electron chi connectivity index (χ2n) is 6.12. The predicted molar refractivity (Wildman–Crippen MR) is 103 cm³/mol. The van der Waals surface area contributed by atoms with Crippen LogP contribution in [0.15, 0.2) is 54.6 Å². The van der Waals surface area contributed by atoms with Crippen molar-refractivity contribution in [3.63, 3.8) is 0 Å². The number of hydrogen-bond acceptors (Lipinski definition) is 4. The summed E-state index contributed by atoms with van der Waals surface area (Å²) in [5.74, 6) is 1.73. The van der Waals surface area contributed by atoms with E-state index in [1.54, 1.807) is 0 Å². The van der Waals surface area contributed by atoms with Gasteiger partial charge < -0.3 is 14.4 Å². The van der Waals surface area contributed by atoms with Crippen LogP contribution in [0.4, 0.5) is 5.69 Å². The van der Waals surface area contributed by atoms with E-state index in [-0.39, 0.29) is 6.10 Å². The molecule has 2 heterocycles. The minimum Gasteiger partial charge on any atom is -0.486 e. The van der Waals surface area contributed by atoms with Crippen LogP contribution in [0.2, 0.25) is 0 Å². The first-order chi connectivity index (χ1) is 12.4. The summed E-state index contributed by atoms with van der Waals surface area (Å²) in [6, 6.07) is 18.6. The second-order valence-corrected chi connectivity index (χ2v) is 6.12. The van der Waals surface area contributed by atoms with Crippen LogP contribution in [0, 0.1) is 0 Å². The Bertz CT molecular complexity index is 639. The summed E-state index contributed by atoms with van der Waals surface area (Å²) in [6.07, 6.45) is 0.119. The maximum Gasteiger partial charge on any atom is 0.161 e. The van der Waals surface area contributed by atoms with Gasteiger partial charge in [0.15, 0.2) is 11.5 Å². The van der Waals surface area contributed by atoms with Gasteiger partial charge in [-0.25, -0.2) is 0 Å². The molecule has 0 aliphatic carbocycles. The molecule has 25 heavy (non-hydrogen) atoms. The molecule has 4 rings (SSSR count). The maximum atomic E-state index is 6.07. The van der Waals surface area contributed by atoms with E-state index in [9.17, 15) is 0 Å². The number of benzene rings is 2. The number of piperazine rings is 1. The smallest absolute Gasteiger partial charge is 0.161 e. The third kappa shape index (κ3) is 4.45. The topological polar surface area (TPSA) is 24.9 Å². The van der Waals surface area contributed by atoms with Crippen molar-refractivity contribution in [3.05, 3.63) is 54.6 Å². The molecule has 0 aromatic heterocycles. The Morgan fingerprint density at radius 3 is 2.20 bits per heavy atom. The van der Waals surface area contributed by atoms with Gasteiger partial charge in [0, 0.05) is 38.4 Å². The molecular weight excluding hydrogens is 312 g/mol. The molecule has 1 saturated heterocycles. The molecule has 0 saturated carbocycles. The maximum absolute atomic E-state index is 6.07. The average molecular weight is 340 g/mol. The Morgan fingerprint density at radius 2 is 1.48 bits per heavy atom. The van der Waals surface area contributed by atoms with Crippen LogP contribution in [-0.2, 0) is 0 Å². The van der Waals surface area contributed by atoms with Crippen molar-refractivity contribution in [2.24, 2.45) is 0 Å². The number of rotatable bonds is 3. The summed E-state index contributed by atoms with van der Waals surface area (Å²) in [5, 5.41) is 0. The standard InChI is InChI=1S/C19H22N2O2.C2H6/c1-2-6-16(7-3-1)21-12-10-20(11-13-21)14-17-15-22-18-8-4-5-9-19(18)23-17;1-2/h1-9,17H,10-15H2;1-2H3/t17-;/m0./s1. The lowest BCUT2D eigenvalue weighted by molar-refractivity contribution is 0.0571. The molecule has 2 aliphatic heterocycles. The van der Waals surface area contributed by atoms with Crippen LogP contribution in [0.5, 0.6) is 11.5 Å². The predicted octanol–water partition coefficient (Wildman–Crippen LogP) is 3.67. The molecule has 0 amide bonds. The zero-order valence-corrected chi connectivity index (χ0v) is 15.2. The SMILES string of the molecule is CC.c1ccc(N2CCN(C[C@H]3COc4ccccc4O3)CC2)cc1. The Hall–Kier alpha value is -2.20. The van der Waals surface area contributed by atoms with Gasteiger partial charge in [-0.3, -0.25) is 4.90 Å². The van der Waals surface area contributed by atoms with Crippen LogP contribution in [0.3, 0.4) is 0 Å². The average Bonchev–Trinajstić information content (AvgIpc) is 2.71. The highest BCUT2D eigenvalue weighted by Gasteiger charge is 2.25.